The van der Waals surface area contributed by atoms with Gasteiger partial charge in [-0.3, -0.25) is 13.6 Å². The third kappa shape index (κ3) is 22.2. The Kier molecular flexibility index (Phi) is 16.4. The van der Waals surface area contributed by atoms with Crippen LogP contribution in [0.2, 0.25) is 0 Å². The first kappa shape index (κ1) is 28.1. The highest BCUT2D eigenvalue weighted by Gasteiger charge is 2.10. The molecular weight excluding hydrogens is 354 g/mol. The largest absolute Gasteiger partial charge is 0.463 e. The molecule has 0 aliphatic carbocycles. The number of esters is 2. The smallest absolute Gasteiger partial charge is 0.397 e. The number of nitrogens with zero attached hydrogens (tertiary/aromatic N) is 1. The number of rotatable bonds is 6. The standard InChI is InChI=1S/C8H15NO2.C6H10O2.CH4O4S/c1-6(2)8(10)11-7(3)9(4)5;1-4-8-6(7)5(2)3;1-5-6(2,3)4/h7H,1H2,2-5H3;2,4H2,1,3H3;1H3,(H,2,3,4). The van der Waals surface area contributed by atoms with Gasteiger partial charge in [-0.2, -0.15) is 8.42 Å². The first-order valence-electron chi connectivity index (χ1n) is 7.08. The van der Waals surface area contributed by atoms with Crippen LogP contribution in [0.25, 0.3) is 0 Å². The molecule has 0 bridgehead atoms. The molecule has 1 unspecified atom stereocenters. The van der Waals surface area contributed by atoms with Gasteiger partial charge in [0.25, 0.3) is 0 Å². The Bertz CT molecular complexity index is 540. The van der Waals surface area contributed by atoms with E-state index in [0.717, 1.165) is 7.11 Å². The van der Waals surface area contributed by atoms with Crippen LogP contribution in [0.1, 0.15) is 27.7 Å². The molecule has 0 saturated carbocycles. The minimum Gasteiger partial charge on any atom is -0.463 e. The Morgan fingerprint density at radius 2 is 1.48 bits per heavy atom. The fraction of sp³-hybridized carbons (Fsp3) is 0.600. The lowest BCUT2D eigenvalue weighted by atomic mass is 10.4. The maximum Gasteiger partial charge on any atom is 0.397 e. The molecule has 0 rings (SSSR count). The molecule has 0 aliphatic rings. The fourth-order valence-electron chi connectivity index (χ4n) is 0.615. The summed E-state index contributed by atoms with van der Waals surface area (Å²) in [7, 11) is 0.396. The lowest BCUT2D eigenvalue weighted by molar-refractivity contribution is -0.150. The van der Waals surface area contributed by atoms with E-state index in [2.05, 4.69) is 22.1 Å². The lowest BCUT2D eigenvalue weighted by Gasteiger charge is -2.19. The molecule has 1 N–H and O–H groups in total. The van der Waals surface area contributed by atoms with Crippen LogP contribution >= 0.6 is 0 Å². The second kappa shape index (κ2) is 14.6. The molecule has 0 heterocycles. The Morgan fingerprint density at radius 3 is 1.64 bits per heavy atom. The van der Waals surface area contributed by atoms with E-state index in [1.54, 1.807) is 32.6 Å². The van der Waals surface area contributed by atoms with Crippen molar-refractivity contribution in [3.63, 3.8) is 0 Å². The average Bonchev–Trinajstić information content (AvgIpc) is 2.47. The zero-order chi connectivity index (χ0) is 20.8. The summed E-state index contributed by atoms with van der Waals surface area (Å²) in [5.74, 6) is -0.654. The number of hydrogen-bond donors (Lipinski definition) is 1. The third-order valence-corrected chi connectivity index (χ3v) is 2.61. The summed E-state index contributed by atoms with van der Waals surface area (Å²) in [6.45, 7) is 14.1. The summed E-state index contributed by atoms with van der Waals surface area (Å²) >= 11 is 0. The van der Waals surface area contributed by atoms with Gasteiger partial charge in [-0.1, -0.05) is 13.2 Å². The van der Waals surface area contributed by atoms with Gasteiger partial charge in [0, 0.05) is 11.1 Å². The Balaban J connectivity index is -0.000000306. The van der Waals surface area contributed by atoms with Crippen LogP contribution in [0.4, 0.5) is 0 Å². The molecule has 9 nitrogen and oxygen atoms in total. The van der Waals surface area contributed by atoms with Gasteiger partial charge in [0.15, 0.2) is 6.23 Å². The molecule has 25 heavy (non-hydrogen) atoms. The highest BCUT2D eigenvalue weighted by Crippen LogP contribution is 1.99. The lowest BCUT2D eigenvalue weighted by Crippen LogP contribution is -2.30. The van der Waals surface area contributed by atoms with Crippen LogP contribution in [0.15, 0.2) is 24.3 Å². The summed E-state index contributed by atoms with van der Waals surface area (Å²) in [4.78, 5) is 23.1. The van der Waals surface area contributed by atoms with Crippen LogP contribution in [0.3, 0.4) is 0 Å². The van der Waals surface area contributed by atoms with Crippen LogP contribution in [0, 0.1) is 0 Å². The monoisotopic (exact) mass is 383 g/mol. The van der Waals surface area contributed by atoms with E-state index >= 15 is 0 Å². The zero-order valence-electron chi connectivity index (χ0n) is 15.9. The van der Waals surface area contributed by atoms with E-state index in [0.29, 0.717) is 17.8 Å². The van der Waals surface area contributed by atoms with Gasteiger partial charge in [0.1, 0.15) is 0 Å². The molecule has 0 radical (unpaired) electrons. The quantitative estimate of drug-likeness (QED) is 0.315. The van der Waals surface area contributed by atoms with Gasteiger partial charge in [-0.15, -0.1) is 0 Å². The third-order valence-electron chi connectivity index (χ3n) is 2.19. The molecular formula is C15H29NO8S. The first-order chi connectivity index (χ1) is 11.2. The minimum absolute atomic E-state index is 0.195. The van der Waals surface area contributed by atoms with Crippen molar-refractivity contribution in [3.8, 4) is 0 Å². The van der Waals surface area contributed by atoms with E-state index < -0.39 is 10.4 Å². The van der Waals surface area contributed by atoms with Crippen molar-refractivity contribution >= 4 is 22.3 Å². The normalized spacial score (nSPS) is 11.1. The minimum atomic E-state index is -4.16. The number of ether oxygens (including phenoxy) is 2. The van der Waals surface area contributed by atoms with Crippen LogP contribution < -0.4 is 0 Å². The maximum atomic E-state index is 10.9. The molecule has 0 aromatic rings. The number of carbonyl (C=O) groups excluding carboxylic acids is 2. The van der Waals surface area contributed by atoms with Crippen molar-refractivity contribution in [2.45, 2.75) is 33.9 Å². The van der Waals surface area contributed by atoms with Crippen molar-refractivity contribution < 1.29 is 36.2 Å². The fourth-order valence-corrected chi connectivity index (χ4v) is 0.615. The van der Waals surface area contributed by atoms with Gasteiger partial charge < -0.3 is 9.47 Å². The predicted octanol–water partition coefficient (Wildman–Crippen LogP) is 1.57. The van der Waals surface area contributed by atoms with Gasteiger partial charge in [-0.25, -0.2) is 9.59 Å². The van der Waals surface area contributed by atoms with Crippen molar-refractivity contribution in [1.29, 1.82) is 0 Å². The van der Waals surface area contributed by atoms with Crippen LogP contribution in [0.5, 0.6) is 0 Å². The van der Waals surface area contributed by atoms with Crippen molar-refractivity contribution in [1.82, 2.24) is 4.90 Å². The Morgan fingerprint density at radius 1 is 1.12 bits per heavy atom. The van der Waals surface area contributed by atoms with Crippen molar-refractivity contribution in [2.24, 2.45) is 0 Å². The number of carbonyl (C=O) groups is 2. The van der Waals surface area contributed by atoms with Gasteiger partial charge >= 0.3 is 22.3 Å². The molecule has 0 saturated heterocycles. The second-order valence-corrected chi connectivity index (χ2v) is 6.03. The van der Waals surface area contributed by atoms with E-state index in [9.17, 15) is 18.0 Å². The van der Waals surface area contributed by atoms with Crippen molar-refractivity contribution in [2.75, 3.05) is 27.8 Å². The Labute approximate surface area is 150 Å². The molecule has 0 aliphatic heterocycles. The molecule has 1 atom stereocenters. The zero-order valence-corrected chi connectivity index (χ0v) is 16.7. The van der Waals surface area contributed by atoms with Crippen LogP contribution in [-0.2, 0) is 33.6 Å². The first-order valence-corrected chi connectivity index (χ1v) is 8.44. The van der Waals surface area contributed by atoms with E-state index in [-0.39, 0.29) is 18.2 Å². The van der Waals surface area contributed by atoms with Gasteiger partial charge in [0.2, 0.25) is 0 Å². The van der Waals surface area contributed by atoms with Gasteiger partial charge in [-0.05, 0) is 41.8 Å². The molecule has 0 fully saturated rings. The average molecular weight is 383 g/mol. The highest BCUT2D eigenvalue weighted by atomic mass is 32.3. The molecule has 0 amide bonds. The predicted molar refractivity (Wildman–Crippen MR) is 94.1 cm³/mol. The van der Waals surface area contributed by atoms with E-state index in [4.69, 9.17) is 9.29 Å². The van der Waals surface area contributed by atoms with Crippen LogP contribution in [-0.4, -0.2) is 63.8 Å². The summed E-state index contributed by atoms with van der Waals surface area (Å²) in [5.41, 5.74) is 0.880. The topological polar surface area (TPSA) is 119 Å². The summed E-state index contributed by atoms with van der Waals surface area (Å²) in [6.07, 6.45) is -0.195. The van der Waals surface area contributed by atoms with E-state index in [1.807, 2.05) is 14.1 Å². The summed E-state index contributed by atoms with van der Waals surface area (Å²) in [6, 6.07) is 0. The summed E-state index contributed by atoms with van der Waals surface area (Å²) < 4.78 is 39.2. The van der Waals surface area contributed by atoms with Crippen molar-refractivity contribution in [3.05, 3.63) is 24.3 Å². The molecule has 148 valence electrons. The SMILES string of the molecule is C=C(C)C(=O)OC(C)N(C)C.C=C(C)C(=O)OCC.COS(=O)(=O)O. The second-order valence-electron chi connectivity index (χ2n) is 4.84. The summed E-state index contributed by atoms with van der Waals surface area (Å²) in [5, 5.41) is 0. The van der Waals surface area contributed by atoms with Gasteiger partial charge in [0.05, 0.1) is 13.7 Å². The molecule has 0 spiro atoms. The Hall–Kier alpha value is -1.75. The highest BCUT2D eigenvalue weighted by molar-refractivity contribution is 7.80. The molecule has 0 aromatic heterocycles. The number of hydrogen-bond acceptors (Lipinski definition) is 8. The molecule has 0 aromatic carbocycles. The maximum absolute atomic E-state index is 10.9. The molecule has 10 heteroatoms. The van der Waals surface area contributed by atoms with E-state index in [1.165, 1.54) is 0 Å².